The monoisotopic (exact) mass is 825 g/mol. The highest BCUT2D eigenvalue weighted by molar-refractivity contribution is 7.27. The van der Waals surface area contributed by atoms with Gasteiger partial charge in [0.25, 0.3) is 0 Å². The van der Waals surface area contributed by atoms with Crippen molar-refractivity contribution in [3.8, 4) is 77.9 Å². The van der Waals surface area contributed by atoms with E-state index in [1.54, 1.807) is 0 Å². The summed E-state index contributed by atoms with van der Waals surface area (Å²) in [6.07, 6.45) is 0. The van der Waals surface area contributed by atoms with Crippen LogP contribution in [0.5, 0.6) is 0 Å². The Morgan fingerprint density at radius 3 is 1.69 bits per heavy atom. The number of para-hydroxylation sites is 1. The molecule has 0 saturated carbocycles. The first kappa shape index (κ1) is 36.3. The molecule has 62 heavy (non-hydrogen) atoms. The van der Waals surface area contributed by atoms with Crippen molar-refractivity contribution in [1.82, 2.24) is 15.0 Å². The van der Waals surface area contributed by atoms with Crippen molar-refractivity contribution in [2.24, 2.45) is 0 Å². The second kappa shape index (κ2) is 15.2. The predicted octanol–water partition coefficient (Wildman–Crippen LogP) is 16.3. The third-order valence-corrected chi connectivity index (χ3v) is 14.2. The molecule has 5 heteroatoms. The summed E-state index contributed by atoms with van der Waals surface area (Å²) in [4.78, 5) is 17.0. The van der Waals surface area contributed by atoms with Crippen molar-refractivity contribution in [3.63, 3.8) is 0 Å². The zero-order valence-corrected chi connectivity index (χ0v) is 35.0. The van der Waals surface area contributed by atoms with E-state index in [2.05, 4.69) is 194 Å². The van der Waals surface area contributed by atoms with Gasteiger partial charge in [-0.15, -0.1) is 22.7 Å². The summed E-state index contributed by atoms with van der Waals surface area (Å²) in [6, 6.07) is 75.3. The molecule has 0 N–H and O–H groups in total. The van der Waals surface area contributed by atoms with Crippen LogP contribution in [0.15, 0.2) is 212 Å². The minimum Gasteiger partial charge on any atom is -0.246 e. The average Bonchev–Trinajstić information content (AvgIpc) is 3.95. The molecule has 12 aromatic rings. The van der Waals surface area contributed by atoms with Gasteiger partial charge in [0.1, 0.15) is 0 Å². The summed E-state index contributed by atoms with van der Waals surface area (Å²) < 4.78 is 3.78. The standard InChI is InChI=1S/C57H35N3S2/c1-4-16-36(17-5-1)41-22-14-23-42(34-41)49-35-48(59-57(60-49)40-20-8-3-9-21-40)37-30-32-38(33-31-37)51-52-45-25-10-12-28-47(45)58-53(39-18-6-2-7-19-39)56(52)62-55(51)46-27-15-26-44-43-24-11-13-29-50(43)61-54(44)46/h1-35H. The molecular formula is C57H35N3S2. The Morgan fingerprint density at radius 1 is 0.339 bits per heavy atom. The van der Waals surface area contributed by atoms with Gasteiger partial charge >= 0.3 is 0 Å². The van der Waals surface area contributed by atoms with Gasteiger partial charge in [0, 0.05) is 69.2 Å². The molecular weight excluding hydrogens is 791 g/mol. The van der Waals surface area contributed by atoms with E-state index in [1.807, 2.05) is 40.9 Å². The van der Waals surface area contributed by atoms with E-state index in [-0.39, 0.29) is 0 Å². The fourth-order valence-corrected chi connectivity index (χ4v) is 11.4. The van der Waals surface area contributed by atoms with Gasteiger partial charge in [-0.25, -0.2) is 15.0 Å². The molecule has 4 aromatic heterocycles. The van der Waals surface area contributed by atoms with Crippen LogP contribution in [0.25, 0.3) is 119 Å². The van der Waals surface area contributed by atoms with E-state index in [0.717, 1.165) is 61.4 Å². The Balaban J connectivity index is 1.07. The lowest BCUT2D eigenvalue weighted by molar-refractivity contribution is 1.18. The highest BCUT2D eigenvalue weighted by Crippen LogP contribution is 2.52. The predicted molar refractivity (Wildman–Crippen MR) is 264 cm³/mol. The lowest BCUT2D eigenvalue weighted by atomic mass is 9.94. The maximum absolute atomic E-state index is 5.35. The van der Waals surface area contributed by atoms with Crippen LogP contribution in [0, 0.1) is 0 Å². The second-order valence-electron chi connectivity index (χ2n) is 15.5. The first-order valence-electron chi connectivity index (χ1n) is 20.8. The van der Waals surface area contributed by atoms with Crippen molar-refractivity contribution in [1.29, 1.82) is 0 Å². The van der Waals surface area contributed by atoms with Gasteiger partial charge in [0.2, 0.25) is 0 Å². The number of fused-ring (bicyclic) bond motifs is 6. The van der Waals surface area contributed by atoms with Crippen LogP contribution >= 0.6 is 22.7 Å². The molecule has 0 bridgehead atoms. The maximum Gasteiger partial charge on any atom is 0.160 e. The summed E-state index contributed by atoms with van der Waals surface area (Å²) in [6.45, 7) is 0. The lowest BCUT2D eigenvalue weighted by Gasteiger charge is -2.12. The van der Waals surface area contributed by atoms with Gasteiger partial charge in [0.15, 0.2) is 5.82 Å². The summed E-state index contributed by atoms with van der Waals surface area (Å²) in [5, 5.41) is 4.97. The second-order valence-corrected chi connectivity index (χ2v) is 17.6. The Bertz CT molecular complexity index is 3610. The van der Waals surface area contributed by atoms with Crippen LogP contribution in [0.3, 0.4) is 0 Å². The van der Waals surface area contributed by atoms with Gasteiger partial charge in [-0.3, -0.25) is 0 Å². The third kappa shape index (κ3) is 6.29. The number of benzene rings is 8. The molecule has 8 aromatic carbocycles. The highest BCUT2D eigenvalue weighted by Gasteiger charge is 2.24. The van der Waals surface area contributed by atoms with E-state index in [1.165, 1.54) is 51.8 Å². The minimum atomic E-state index is 0.697. The topological polar surface area (TPSA) is 38.7 Å². The smallest absolute Gasteiger partial charge is 0.160 e. The fraction of sp³-hybridized carbons (Fsp3) is 0. The molecule has 0 spiro atoms. The first-order valence-corrected chi connectivity index (χ1v) is 22.4. The van der Waals surface area contributed by atoms with E-state index in [9.17, 15) is 0 Å². The molecule has 12 rings (SSSR count). The molecule has 0 aliphatic carbocycles. The number of hydrogen-bond acceptors (Lipinski definition) is 5. The van der Waals surface area contributed by atoms with Crippen molar-refractivity contribution in [2.45, 2.75) is 0 Å². The number of nitrogens with zero attached hydrogens (tertiary/aromatic N) is 3. The van der Waals surface area contributed by atoms with Gasteiger partial charge in [0.05, 0.1) is 27.3 Å². The molecule has 290 valence electrons. The number of rotatable bonds is 7. The molecule has 0 radical (unpaired) electrons. The van der Waals surface area contributed by atoms with Gasteiger partial charge in [-0.1, -0.05) is 188 Å². The molecule has 0 saturated heterocycles. The molecule has 4 heterocycles. The van der Waals surface area contributed by atoms with Crippen molar-refractivity contribution >= 4 is 63.8 Å². The van der Waals surface area contributed by atoms with Crippen LogP contribution in [-0.2, 0) is 0 Å². The van der Waals surface area contributed by atoms with Gasteiger partial charge in [-0.2, -0.15) is 0 Å². The summed E-state index contributed by atoms with van der Waals surface area (Å²) in [7, 11) is 0. The Kier molecular flexibility index (Phi) is 8.87. The van der Waals surface area contributed by atoms with Crippen LogP contribution in [0.2, 0.25) is 0 Å². The van der Waals surface area contributed by atoms with E-state index < -0.39 is 0 Å². The molecule has 0 amide bonds. The number of hydrogen-bond donors (Lipinski definition) is 0. The zero-order valence-electron chi connectivity index (χ0n) is 33.4. The SMILES string of the molecule is c1ccc(-c2cccc(-c3cc(-c4ccc(-c5c(-c6cccc7c6sc6ccccc67)sc6c(-c7ccccc7)nc7ccccc7c56)cc4)nc(-c4ccccc4)n3)c2)cc1. The van der Waals surface area contributed by atoms with Crippen molar-refractivity contribution < 1.29 is 0 Å². The molecule has 0 unspecified atom stereocenters. The summed E-state index contributed by atoms with van der Waals surface area (Å²) >= 11 is 3.73. The Morgan fingerprint density at radius 2 is 0.919 bits per heavy atom. The van der Waals surface area contributed by atoms with E-state index in [4.69, 9.17) is 15.0 Å². The molecule has 0 atom stereocenters. The van der Waals surface area contributed by atoms with Crippen LogP contribution in [0.4, 0.5) is 0 Å². The average molecular weight is 826 g/mol. The van der Waals surface area contributed by atoms with E-state index in [0.29, 0.717) is 5.82 Å². The van der Waals surface area contributed by atoms with Gasteiger partial charge < -0.3 is 0 Å². The molecule has 0 aliphatic rings. The van der Waals surface area contributed by atoms with Crippen LogP contribution in [-0.4, -0.2) is 15.0 Å². The van der Waals surface area contributed by atoms with Crippen LogP contribution in [0.1, 0.15) is 0 Å². The van der Waals surface area contributed by atoms with Crippen molar-refractivity contribution in [2.75, 3.05) is 0 Å². The zero-order chi connectivity index (χ0) is 41.0. The number of thiophene rings is 2. The quantitative estimate of drug-likeness (QED) is 0.161. The highest BCUT2D eigenvalue weighted by atomic mass is 32.1. The van der Waals surface area contributed by atoms with E-state index >= 15 is 0 Å². The Labute approximate surface area is 366 Å². The number of pyridine rings is 1. The molecule has 0 fully saturated rings. The Hall–Kier alpha value is -7.57. The van der Waals surface area contributed by atoms with Crippen LogP contribution < -0.4 is 0 Å². The first-order chi connectivity index (χ1) is 30.7. The van der Waals surface area contributed by atoms with Gasteiger partial charge in [-0.05, 0) is 41.0 Å². The largest absolute Gasteiger partial charge is 0.246 e. The molecule has 3 nitrogen and oxygen atoms in total. The summed E-state index contributed by atoms with van der Waals surface area (Å²) in [5.74, 6) is 0.697. The summed E-state index contributed by atoms with van der Waals surface area (Å²) in [5.41, 5.74) is 13.9. The minimum absolute atomic E-state index is 0.697. The number of aromatic nitrogens is 3. The fourth-order valence-electron chi connectivity index (χ4n) is 8.75. The maximum atomic E-state index is 5.35. The third-order valence-electron chi connectivity index (χ3n) is 11.7. The normalized spacial score (nSPS) is 11.5. The molecule has 0 aliphatic heterocycles. The van der Waals surface area contributed by atoms with Crippen molar-refractivity contribution in [3.05, 3.63) is 212 Å². The lowest BCUT2D eigenvalue weighted by Crippen LogP contribution is -1.96.